The van der Waals surface area contributed by atoms with E-state index >= 15 is 0 Å². The van der Waals surface area contributed by atoms with Crippen molar-refractivity contribution in [2.45, 2.75) is 64.5 Å². The van der Waals surface area contributed by atoms with Crippen molar-refractivity contribution in [3.05, 3.63) is 35.9 Å². The fourth-order valence-electron chi connectivity index (χ4n) is 3.69. The maximum atomic E-state index is 12.8. The zero-order chi connectivity index (χ0) is 17.8. The van der Waals surface area contributed by atoms with Gasteiger partial charge in [-0.2, -0.15) is 0 Å². The molecule has 1 aromatic rings. The number of likely N-dealkylation sites (tertiary alicyclic amines) is 1. The quantitative estimate of drug-likeness (QED) is 0.887. The third-order valence-electron chi connectivity index (χ3n) is 4.68. The first-order valence-corrected chi connectivity index (χ1v) is 8.98. The van der Waals surface area contributed by atoms with Crippen LogP contribution in [0.15, 0.2) is 30.3 Å². The molecule has 1 amide bonds. The number of benzene rings is 1. The van der Waals surface area contributed by atoms with Gasteiger partial charge in [-0.3, -0.25) is 0 Å². The first-order chi connectivity index (χ1) is 11.2. The summed E-state index contributed by atoms with van der Waals surface area (Å²) in [5, 5.41) is 0. The summed E-state index contributed by atoms with van der Waals surface area (Å²) in [6.45, 7) is 9.41. The van der Waals surface area contributed by atoms with Crippen LogP contribution in [0.1, 0.15) is 52.5 Å². The van der Waals surface area contributed by atoms with E-state index in [9.17, 15) is 4.79 Å². The van der Waals surface area contributed by atoms with Crippen LogP contribution in [0.3, 0.4) is 0 Å². The van der Waals surface area contributed by atoms with Gasteiger partial charge < -0.3 is 15.4 Å². The van der Waals surface area contributed by atoms with Gasteiger partial charge in [-0.15, -0.1) is 0 Å². The van der Waals surface area contributed by atoms with Crippen molar-refractivity contribution in [2.24, 2.45) is 11.7 Å². The monoisotopic (exact) mass is 332 g/mol. The summed E-state index contributed by atoms with van der Waals surface area (Å²) in [7, 11) is 0. The number of carbonyl (C=O) groups is 1. The summed E-state index contributed by atoms with van der Waals surface area (Å²) in [5.74, 6) is 0.495. The van der Waals surface area contributed by atoms with Crippen LogP contribution in [-0.2, 0) is 11.2 Å². The number of hydrogen-bond donors (Lipinski definition) is 1. The molecule has 0 bridgehead atoms. The molecule has 2 atom stereocenters. The largest absolute Gasteiger partial charge is 0.444 e. The second-order valence-corrected chi connectivity index (χ2v) is 8.25. The van der Waals surface area contributed by atoms with E-state index in [2.05, 4.69) is 31.2 Å². The molecule has 0 radical (unpaired) electrons. The molecular weight excluding hydrogens is 300 g/mol. The minimum Gasteiger partial charge on any atom is -0.444 e. The molecule has 4 nitrogen and oxygen atoms in total. The van der Waals surface area contributed by atoms with Crippen molar-refractivity contribution in [2.75, 3.05) is 13.1 Å². The molecule has 0 aliphatic carbocycles. The van der Waals surface area contributed by atoms with Gasteiger partial charge in [0.05, 0.1) is 0 Å². The Balaban J connectivity index is 2.17. The van der Waals surface area contributed by atoms with E-state index in [0.29, 0.717) is 12.5 Å². The SMILES string of the molecule is CC(C)(C)OC(=O)N1CC(CCCN)CC1(C)Cc1ccccc1. The van der Waals surface area contributed by atoms with E-state index < -0.39 is 5.60 Å². The second-order valence-electron chi connectivity index (χ2n) is 8.25. The summed E-state index contributed by atoms with van der Waals surface area (Å²) in [6, 6.07) is 10.4. The van der Waals surface area contributed by atoms with Crippen LogP contribution in [0.2, 0.25) is 0 Å². The van der Waals surface area contributed by atoms with Crippen LogP contribution in [-0.4, -0.2) is 35.2 Å². The third kappa shape index (κ3) is 4.97. The van der Waals surface area contributed by atoms with Crippen LogP contribution >= 0.6 is 0 Å². The third-order valence-corrected chi connectivity index (χ3v) is 4.68. The Morgan fingerprint density at radius 2 is 2.00 bits per heavy atom. The molecule has 1 aromatic carbocycles. The maximum absolute atomic E-state index is 12.8. The van der Waals surface area contributed by atoms with Gasteiger partial charge in [-0.25, -0.2) is 4.79 Å². The highest BCUT2D eigenvalue weighted by molar-refractivity contribution is 5.69. The summed E-state index contributed by atoms with van der Waals surface area (Å²) in [5.41, 5.74) is 6.25. The van der Waals surface area contributed by atoms with Crippen molar-refractivity contribution in [3.8, 4) is 0 Å². The summed E-state index contributed by atoms with van der Waals surface area (Å²) in [4.78, 5) is 14.7. The zero-order valence-electron chi connectivity index (χ0n) is 15.5. The van der Waals surface area contributed by atoms with Gasteiger partial charge in [0.25, 0.3) is 0 Å². The van der Waals surface area contributed by atoms with Crippen molar-refractivity contribution in [1.29, 1.82) is 0 Å². The molecule has 1 aliphatic heterocycles. The zero-order valence-corrected chi connectivity index (χ0v) is 15.5. The molecule has 1 heterocycles. The standard InChI is InChI=1S/C20H32N2O2/c1-19(2,3)24-18(23)22-15-17(11-8-12-21)14-20(22,4)13-16-9-6-5-7-10-16/h5-7,9-10,17H,8,11-15,21H2,1-4H3. The molecule has 4 heteroatoms. The molecule has 1 saturated heterocycles. The Labute approximate surface area is 146 Å². The van der Waals surface area contributed by atoms with Crippen LogP contribution in [0.25, 0.3) is 0 Å². The highest BCUT2D eigenvalue weighted by atomic mass is 16.6. The van der Waals surface area contributed by atoms with Gasteiger partial charge >= 0.3 is 6.09 Å². The van der Waals surface area contributed by atoms with Crippen molar-refractivity contribution in [3.63, 3.8) is 0 Å². The lowest BCUT2D eigenvalue weighted by molar-refractivity contribution is 0.0105. The Hall–Kier alpha value is -1.55. The predicted molar refractivity (Wildman–Crippen MR) is 97.9 cm³/mol. The summed E-state index contributed by atoms with van der Waals surface area (Å²) < 4.78 is 5.67. The molecule has 24 heavy (non-hydrogen) atoms. The van der Waals surface area contributed by atoms with Gasteiger partial charge in [0, 0.05) is 12.1 Å². The molecule has 0 saturated carbocycles. The van der Waals surface area contributed by atoms with Gasteiger partial charge in [0.2, 0.25) is 0 Å². The van der Waals surface area contributed by atoms with Crippen LogP contribution in [0, 0.1) is 5.92 Å². The van der Waals surface area contributed by atoms with E-state index in [0.717, 1.165) is 32.2 Å². The maximum Gasteiger partial charge on any atom is 0.410 e. The first-order valence-electron chi connectivity index (χ1n) is 8.98. The highest BCUT2D eigenvalue weighted by Gasteiger charge is 2.45. The predicted octanol–water partition coefficient (Wildman–Crippen LogP) is 3.98. The molecule has 2 rings (SSSR count). The van der Waals surface area contributed by atoms with E-state index in [-0.39, 0.29) is 11.6 Å². The highest BCUT2D eigenvalue weighted by Crippen LogP contribution is 2.38. The minimum absolute atomic E-state index is 0.198. The van der Waals surface area contributed by atoms with Gasteiger partial charge in [-0.05, 0) is 71.4 Å². The van der Waals surface area contributed by atoms with Crippen LogP contribution in [0.4, 0.5) is 4.79 Å². The van der Waals surface area contributed by atoms with E-state index in [1.54, 1.807) is 0 Å². The van der Waals surface area contributed by atoms with Crippen molar-refractivity contribution < 1.29 is 9.53 Å². The molecule has 134 valence electrons. The topological polar surface area (TPSA) is 55.6 Å². The number of ether oxygens (including phenoxy) is 1. The number of amides is 1. The molecular formula is C20H32N2O2. The van der Waals surface area contributed by atoms with Crippen molar-refractivity contribution >= 4 is 6.09 Å². The Morgan fingerprint density at radius 3 is 2.58 bits per heavy atom. The minimum atomic E-state index is -0.472. The van der Waals surface area contributed by atoms with E-state index in [4.69, 9.17) is 10.5 Å². The van der Waals surface area contributed by atoms with Gasteiger partial charge in [0.15, 0.2) is 0 Å². The molecule has 0 spiro atoms. The molecule has 1 fully saturated rings. The number of hydrogen-bond acceptors (Lipinski definition) is 3. The fraction of sp³-hybridized carbons (Fsp3) is 0.650. The normalized spacial score (nSPS) is 24.2. The average Bonchev–Trinajstić information content (AvgIpc) is 2.81. The summed E-state index contributed by atoms with van der Waals surface area (Å²) in [6.07, 6.45) is 3.73. The summed E-state index contributed by atoms with van der Waals surface area (Å²) >= 11 is 0. The molecule has 2 N–H and O–H groups in total. The van der Waals surface area contributed by atoms with Crippen LogP contribution < -0.4 is 5.73 Å². The Morgan fingerprint density at radius 1 is 1.33 bits per heavy atom. The Kier molecular flexibility index (Phi) is 5.92. The molecule has 0 aromatic heterocycles. The second kappa shape index (κ2) is 7.56. The lowest BCUT2D eigenvalue weighted by Crippen LogP contribution is -2.48. The van der Waals surface area contributed by atoms with Gasteiger partial charge in [-0.1, -0.05) is 30.3 Å². The Bertz CT molecular complexity index is 538. The van der Waals surface area contributed by atoms with Crippen LogP contribution in [0.5, 0.6) is 0 Å². The fourth-order valence-corrected chi connectivity index (χ4v) is 3.69. The smallest absolute Gasteiger partial charge is 0.410 e. The number of nitrogens with zero attached hydrogens (tertiary/aromatic N) is 1. The van der Waals surface area contributed by atoms with Gasteiger partial charge in [0.1, 0.15) is 5.60 Å². The first kappa shape index (κ1) is 18.8. The molecule has 2 unspecified atom stereocenters. The lowest BCUT2D eigenvalue weighted by Gasteiger charge is -2.36. The molecule has 1 aliphatic rings. The number of rotatable bonds is 5. The van der Waals surface area contributed by atoms with Crippen molar-refractivity contribution in [1.82, 2.24) is 4.90 Å². The number of carbonyl (C=O) groups excluding carboxylic acids is 1. The average molecular weight is 332 g/mol. The van der Waals surface area contributed by atoms with E-state index in [1.165, 1.54) is 5.56 Å². The van der Waals surface area contributed by atoms with E-state index in [1.807, 2.05) is 31.7 Å². The lowest BCUT2D eigenvalue weighted by atomic mass is 9.86. The number of nitrogens with two attached hydrogens (primary N) is 1.